The minimum absolute atomic E-state index is 0.0945. The largest absolute Gasteiger partial charge is 0.292 e. The second-order valence-corrected chi connectivity index (χ2v) is 7.46. The van der Waals surface area contributed by atoms with Crippen molar-refractivity contribution >= 4 is 49.0 Å². The number of rotatable bonds is 1. The Morgan fingerprint density at radius 2 is 2.04 bits per heavy atom. The molecule has 2 aromatic heterocycles. The monoisotopic (exact) mass is 448 g/mol. The zero-order valence-corrected chi connectivity index (χ0v) is 16.1. The van der Waals surface area contributed by atoms with E-state index in [1.807, 2.05) is 54.7 Å². The molecule has 0 bridgehead atoms. The van der Waals surface area contributed by atoms with Crippen molar-refractivity contribution in [2.45, 2.75) is 6.42 Å². The summed E-state index contributed by atoms with van der Waals surface area (Å²) in [4.78, 5) is 12.9. The van der Waals surface area contributed by atoms with Crippen molar-refractivity contribution in [3.05, 3.63) is 62.8 Å². The molecule has 7 heteroatoms. The predicted octanol–water partition coefficient (Wildman–Crippen LogP) is 3.91. The van der Waals surface area contributed by atoms with Gasteiger partial charge in [-0.2, -0.15) is 5.10 Å². The van der Waals surface area contributed by atoms with Gasteiger partial charge >= 0.3 is 0 Å². The van der Waals surface area contributed by atoms with Crippen LogP contribution in [0.3, 0.4) is 0 Å². The Morgan fingerprint density at radius 3 is 2.88 bits per heavy atom. The number of carbonyl (C=O) groups excluding carboxylic acids is 1. The molecule has 0 radical (unpaired) electrons. The van der Waals surface area contributed by atoms with Crippen molar-refractivity contribution in [3.8, 4) is 0 Å². The molecule has 0 aliphatic carbocycles. The lowest BCUT2D eigenvalue weighted by molar-refractivity contribution is 0.0732. The Morgan fingerprint density at radius 1 is 1.21 bits per heavy atom. The molecule has 1 amide bonds. The highest BCUT2D eigenvalue weighted by Gasteiger charge is 2.28. The van der Waals surface area contributed by atoms with Gasteiger partial charge in [0.1, 0.15) is 0 Å². The molecule has 1 aliphatic heterocycles. The molecule has 5 nitrogen and oxygen atoms in total. The van der Waals surface area contributed by atoms with Gasteiger partial charge < -0.3 is 0 Å². The smallest absolute Gasteiger partial charge is 0.285 e. The van der Waals surface area contributed by atoms with E-state index in [9.17, 15) is 4.79 Å². The molecule has 1 aliphatic rings. The van der Waals surface area contributed by atoms with E-state index in [1.165, 1.54) is 5.56 Å². The van der Waals surface area contributed by atoms with Gasteiger partial charge in [-0.3, -0.25) is 9.80 Å². The Balaban J connectivity index is 1.69. The lowest BCUT2D eigenvalue weighted by Gasteiger charge is -2.38. The fourth-order valence-corrected chi connectivity index (χ4v) is 3.91. The molecule has 0 atom stereocenters. The van der Waals surface area contributed by atoms with Crippen molar-refractivity contribution < 1.29 is 4.79 Å². The first kappa shape index (κ1) is 15.7. The van der Waals surface area contributed by atoms with Crippen LogP contribution >= 0.6 is 31.9 Å². The van der Waals surface area contributed by atoms with Gasteiger partial charge in [-0.1, -0.05) is 22.0 Å². The maximum Gasteiger partial charge on any atom is 0.292 e. The summed E-state index contributed by atoms with van der Waals surface area (Å²) in [7, 11) is 1.91. The van der Waals surface area contributed by atoms with Crippen LogP contribution in [0, 0.1) is 0 Å². The Hall–Kier alpha value is -1.86. The first-order valence-electron chi connectivity index (χ1n) is 7.52. The summed E-state index contributed by atoms with van der Waals surface area (Å²) >= 11 is 7.01. The zero-order chi connectivity index (χ0) is 16.8. The third-order valence-electron chi connectivity index (χ3n) is 4.26. The number of fused-ring (bicyclic) bond motifs is 2. The van der Waals surface area contributed by atoms with Gasteiger partial charge in [-0.05, 0) is 58.2 Å². The number of aromatic nitrogens is 2. The quantitative estimate of drug-likeness (QED) is 0.565. The fraction of sp³-hybridized carbons (Fsp3) is 0.176. The average molecular weight is 450 g/mol. The van der Waals surface area contributed by atoms with Crippen molar-refractivity contribution in [1.82, 2.24) is 14.6 Å². The van der Waals surface area contributed by atoms with E-state index in [0.29, 0.717) is 12.2 Å². The van der Waals surface area contributed by atoms with Crippen molar-refractivity contribution in [3.63, 3.8) is 0 Å². The highest BCUT2D eigenvalue weighted by Crippen LogP contribution is 2.32. The molecule has 24 heavy (non-hydrogen) atoms. The summed E-state index contributed by atoms with van der Waals surface area (Å²) in [5.74, 6) is -0.0945. The van der Waals surface area contributed by atoms with Crippen LogP contribution in [0.15, 0.2) is 51.5 Å². The van der Waals surface area contributed by atoms with Gasteiger partial charge in [-0.15, -0.1) is 0 Å². The third-order valence-corrected chi connectivity index (χ3v) is 5.47. The van der Waals surface area contributed by atoms with E-state index in [4.69, 9.17) is 0 Å². The molecule has 4 rings (SSSR count). The predicted molar refractivity (Wildman–Crippen MR) is 100 cm³/mol. The maximum atomic E-state index is 12.9. The van der Waals surface area contributed by atoms with Crippen LogP contribution in [-0.2, 0) is 6.42 Å². The van der Waals surface area contributed by atoms with Gasteiger partial charge in [0.05, 0.1) is 11.2 Å². The second-order valence-electron chi connectivity index (χ2n) is 5.69. The number of pyridine rings is 1. The minimum Gasteiger partial charge on any atom is -0.285 e. The van der Waals surface area contributed by atoms with Crippen molar-refractivity contribution in [2.75, 3.05) is 18.6 Å². The van der Waals surface area contributed by atoms with Gasteiger partial charge in [0.2, 0.25) is 0 Å². The van der Waals surface area contributed by atoms with Crippen LogP contribution in [0.5, 0.6) is 0 Å². The molecule has 0 saturated heterocycles. The number of carbonyl (C=O) groups is 1. The van der Waals surface area contributed by atoms with Crippen LogP contribution in [0.25, 0.3) is 5.52 Å². The first-order chi connectivity index (χ1) is 11.5. The molecule has 0 unspecified atom stereocenters. The van der Waals surface area contributed by atoms with Crippen LogP contribution < -0.4 is 5.01 Å². The zero-order valence-electron chi connectivity index (χ0n) is 12.9. The number of halogens is 2. The third kappa shape index (κ3) is 2.52. The lowest BCUT2D eigenvalue weighted by atomic mass is 10.1. The normalized spacial score (nSPS) is 14.1. The summed E-state index contributed by atoms with van der Waals surface area (Å²) in [6.45, 7) is 0.627. The molecule has 0 N–H and O–H groups in total. The minimum atomic E-state index is -0.0945. The van der Waals surface area contributed by atoms with E-state index in [2.05, 4.69) is 37.0 Å². The number of anilines is 1. The van der Waals surface area contributed by atoms with Gasteiger partial charge in [0.15, 0.2) is 5.69 Å². The molecule has 0 spiro atoms. The number of benzene rings is 1. The summed E-state index contributed by atoms with van der Waals surface area (Å²) in [6.07, 6.45) is 2.66. The molecule has 0 fully saturated rings. The Kier molecular flexibility index (Phi) is 3.85. The SMILES string of the molecule is CN1c2cccc(Br)c2CCN1C(=O)c1cc2ccc(Br)cn2n1. The van der Waals surface area contributed by atoms with Crippen LogP contribution in [0.1, 0.15) is 16.1 Å². The second kappa shape index (κ2) is 5.89. The van der Waals surface area contributed by atoms with Crippen molar-refractivity contribution in [2.24, 2.45) is 0 Å². The summed E-state index contributed by atoms with van der Waals surface area (Å²) in [6, 6.07) is 11.7. The highest BCUT2D eigenvalue weighted by atomic mass is 79.9. The Bertz CT molecular complexity index is 953. The summed E-state index contributed by atoms with van der Waals surface area (Å²) in [5.41, 5.74) is 3.60. The summed E-state index contributed by atoms with van der Waals surface area (Å²) < 4.78 is 3.72. The highest BCUT2D eigenvalue weighted by molar-refractivity contribution is 9.10. The standard InChI is InChI=1S/C17H14Br2N4O/c1-21-16-4-2-3-14(19)13(16)7-8-23(21)17(24)15-9-12-6-5-11(18)10-22(12)20-15/h2-6,9-10H,7-8H2,1H3. The summed E-state index contributed by atoms with van der Waals surface area (Å²) in [5, 5.41) is 8.07. The molecule has 0 saturated carbocycles. The number of hydrazine groups is 1. The van der Waals surface area contributed by atoms with Gasteiger partial charge in [-0.25, -0.2) is 9.52 Å². The number of hydrogen-bond acceptors (Lipinski definition) is 3. The van der Waals surface area contributed by atoms with Crippen LogP contribution in [-0.4, -0.2) is 34.1 Å². The Labute approximate surface area is 156 Å². The van der Waals surface area contributed by atoms with Gasteiger partial charge in [0, 0.05) is 28.7 Å². The van der Waals surface area contributed by atoms with Crippen LogP contribution in [0.4, 0.5) is 5.69 Å². The number of nitrogens with zero attached hydrogens (tertiary/aromatic N) is 4. The molecule has 122 valence electrons. The van der Waals surface area contributed by atoms with E-state index < -0.39 is 0 Å². The molecular weight excluding hydrogens is 436 g/mol. The molecule has 1 aromatic carbocycles. The van der Waals surface area contributed by atoms with Gasteiger partial charge in [0.25, 0.3) is 5.91 Å². The molecular formula is C17H14Br2N4O. The first-order valence-corrected chi connectivity index (χ1v) is 9.11. The van der Waals surface area contributed by atoms with E-state index in [-0.39, 0.29) is 5.91 Å². The maximum absolute atomic E-state index is 12.9. The topological polar surface area (TPSA) is 40.9 Å². The van der Waals surface area contributed by atoms with Crippen molar-refractivity contribution in [1.29, 1.82) is 0 Å². The molecule has 3 heterocycles. The van der Waals surface area contributed by atoms with E-state index >= 15 is 0 Å². The average Bonchev–Trinajstić information content (AvgIpc) is 2.98. The van der Waals surface area contributed by atoms with E-state index in [1.54, 1.807) is 9.52 Å². The molecule has 3 aromatic rings. The number of hydrogen-bond donors (Lipinski definition) is 0. The van der Waals surface area contributed by atoms with E-state index in [0.717, 1.165) is 26.6 Å². The number of amides is 1. The van der Waals surface area contributed by atoms with Crippen LogP contribution in [0.2, 0.25) is 0 Å². The fourth-order valence-electron chi connectivity index (χ4n) is 3.03. The lowest BCUT2D eigenvalue weighted by Crippen LogP contribution is -2.48.